The Kier molecular flexibility index (Phi) is 4.20. The van der Waals surface area contributed by atoms with Crippen LogP contribution in [0.5, 0.6) is 0 Å². The molecule has 0 unspecified atom stereocenters. The van der Waals surface area contributed by atoms with E-state index < -0.39 is 0 Å². The van der Waals surface area contributed by atoms with Gasteiger partial charge in [0, 0.05) is 24.4 Å². The van der Waals surface area contributed by atoms with Gasteiger partial charge in [-0.2, -0.15) is 5.10 Å². The number of nitrogens with one attached hydrogen (secondary N) is 2. The fraction of sp³-hybridized carbons (Fsp3) is 0.125. The fourth-order valence-corrected chi connectivity index (χ4v) is 2.02. The maximum absolute atomic E-state index is 11.8. The van der Waals surface area contributed by atoms with Crippen molar-refractivity contribution in [3.8, 4) is 0 Å². The molecule has 3 aromatic rings. The molecule has 0 saturated carbocycles. The van der Waals surface area contributed by atoms with Gasteiger partial charge in [0.25, 0.3) is 0 Å². The maximum Gasteiger partial charge on any atom is 0.320 e. The van der Waals surface area contributed by atoms with Crippen LogP contribution in [-0.2, 0) is 13.1 Å². The summed E-state index contributed by atoms with van der Waals surface area (Å²) in [6, 6.07) is 13.3. The van der Waals surface area contributed by atoms with Crippen molar-refractivity contribution < 1.29 is 9.21 Å². The van der Waals surface area contributed by atoms with Gasteiger partial charge < -0.3 is 9.73 Å². The lowest BCUT2D eigenvalue weighted by Gasteiger charge is -2.04. The number of carbonyl (C=O) groups excluding carboxylic acids is 1. The summed E-state index contributed by atoms with van der Waals surface area (Å²) in [5.74, 6) is 0.514. The van der Waals surface area contributed by atoms with Crippen LogP contribution in [0.25, 0.3) is 0 Å². The normalized spacial score (nSPS) is 10.4. The van der Waals surface area contributed by atoms with Crippen LogP contribution in [-0.4, -0.2) is 15.8 Å². The molecule has 2 aromatic heterocycles. The summed E-state index contributed by atoms with van der Waals surface area (Å²) in [5, 5.41) is 9.75. The summed E-state index contributed by atoms with van der Waals surface area (Å²) in [5.41, 5.74) is 2.06. The van der Waals surface area contributed by atoms with Gasteiger partial charge in [-0.05, 0) is 11.6 Å². The lowest BCUT2D eigenvalue weighted by molar-refractivity contribution is 0.251. The average molecular weight is 296 g/mol. The number of carbonyl (C=O) groups is 1. The van der Waals surface area contributed by atoms with E-state index >= 15 is 0 Å². The predicted molar refractivity (Wildman–Crippen MR) is 82.3 cm³/mol. The van der Waals surface area contributed by atoms with Crippen molar-refractivity contribution >= 4 is 11.8 Å². The number of rotatable bonds is 5. The monoisotopic (exact) mass is 296 g/mol. The van der Waals surface area contributed by atoms with Gasteiger partial charge in [0.2, 0.25) is 0 Å². The lowest BCUT2D eigenvalue weighted by Crippen LogP contribution is -2.28. The third kappa shape index (κ3) is 3.76. The molecule has 2 amide bonds. The molecule has 3 rings (SSSR count). The standard InChI is InChI=1S/C16H16N4O2/c21-16(17-10-14-7-9-22-12-14)18-15-6-8-20(19-15)11-13-4-2-1-3-5-13/h1-9,12H,10-11H2,(H2,17,18,19,21). The van der Waals surface area contributed by atoms with Gasteiger partial charge in [0.05, 0.1) is 19.1 Å². The molecular weight excluding hydrogens is 280 g/mol. The molecule has 0 spiro atoms. The number of furan rings is 1. The van der Waals surface area contributed by atoms with Crippen LogP contribution >= 0.6 is 0 Å². The van der Waals surface area contributed by atoms with E-state index in [0.29, 0.717) is 18.9 Å². The highest BCUT2D eigenvalue weighted by Crippen LogP contribution is 2.06. The van der Waals surface area contributed by atoms with E-state index in [1.54, 1.807) is 29.3 Å². The van der Waals surface area contributed by atoms with E-state index in [9.17, 15) is 4.79 Å². The molecule has 0 radical (unpaired) electrons. The lowest BCUT2D eigenvalue weighted by atomic mass is 10.2. The van der Waals surface area contributed by atoms with Crippen molar-refractivity contribution in [3.63, 3.8) is 0 Å². The van der Waals surface area contributed by atoms with Gasteiger partial charge in [-0.15, -0.1) is 0 Å². The van der Waals surface area contributed by atoms with Crippen LogP contribution in [0.4, 0.5) is 10.6 Å². The Balaban J connectivity index is 1.51. The van der Waals surface area contributed by atoms with Crippen LogP contribution in [0.1, 0.15) is 11.1 Å². The van der Waals surface area contributed by atoms with Crippen LogP contribution in [0.15, 0.2) is 65.6 Å². The Morgan fingerprint density at radius 3 is 2.77 bits per heavy atom. The maximum atomic E-state index is 11.8. The van der Waals surface area contributed by atoms with Crippen LogP contribution in [0, 0.1) is 0 Å². The topological polar surface area (TPSA) is 72.1 Å². The minimum atomic E-state index is -0.300. The molecule has 0 aliphatic carbocycles. The molecule has 2 N–H and O–H groups in total. The zero-order valence-corrected chi connectivity index (χ0v) is 11.9. The van der Waals surface area contributed by atoms with Crippen LogP contribution in [0.2, 0.25) is 0 Å². The smallest absolute Gasteiger partial charge is 0.320 e. The van der Waals surface area contributed by atoms with Crippen molar-refractivity contribution in [3.05, 3.63) is 72.3 Å². The molecule has 112 valence electrons. The van der Waals surface area contributed by atoms with Crippen molar-refractivity contribution in [2.75, 3.05) is 5.32 Å². The highest BCUT2D eigenvalue weighted by atomic mass is 16.3. The molecule has 0 aliphatic rings. The Morgan fingerprint density at radius 2 is 2.00 bits per heavy atom. The molecule has 1 aromatic carbocycles. The number of benzene rings is 1. The number of aromatic nitrogens is 2. The van der Waals surface area contributed by atoms with E-state index in [0.717, 1.165) is 11.1 Å². The predicted octanol–water partition coefficient (Wildman–Crippen LogP) is 2.85. The third-order valence-electron chi connectivity index (χ3n) is 3.10. The van der Waals surface area contributed by atoms with E-state index in [1.165, 1.54) is 0 Å². The van der Waals surface area contributed by atoms with Crippen LogP contribution in [0.3, 0.4) is 0 Å². The highest BCUT2D eigenvalue weighted by molar-refractivity contribution is 5.88. The quantitative estimate of drug-likeness (QED) is 0.760. The highest BCUT2D eigenvalue weighted by Gasteiger charge is 2.05. The first kappa shape index (κ1) is 13.9. The molecule has 0 saturated heterocycles. The molecule has 22 heavy (non-hydrogen) atoms. The molecule has 0 aliphatic heterocycles. The second-order valence-electron chi connectivity index (χ2n) is 4.82. The second kappa shape index (κ2) is 6.62. The Hall–Kier alpha value is -3.02. The first-order chi connectivity index (χ1) is 10.8. The number of urea groups is 1. The first-order valence-electron chi connectivity index (χ1n) is 6.93. The summed E-state index contributed by atoms with van der Waals surface area (Å²) in [6.07, 6.45) is 4.99. The molecule has 6 nitrogen and oxygen atoms in total. The number of hydrogen-bond acceptors (Lipinski definition) is 3. The summed E-state index contributed by atoms with van der Waals surface area (Å²) in [6.45, 7) is 1.08. The van der Waals surface area contributed by atoms with Crippen LogP contribution < -0.4 is 10.6 Å². The zero-order chi connectivity index (χ0) is 15.2. The Bertz CT molecular complexity index is 720. The third-order valence-corrected chi connectivity index (χ3v) is 3.10. The first-order valence-corrected chi connectivity index (χ1v) is 6.93. The molecule has 6 heteroatoms. The minimum absolute atomic E-state index is 0.300. The molecule has 0 bridgehead atoms. The van der Waals surface area contributed by atoms with E-state index in [1.807, 2.05) is 36.5 Å². The largest absolute Gasteiger partial charge is 0.472 e. The molecule has 2 heterocycles. The van der Waals surface area contributed by atoms with Gasteiger partial charge in [0.1, 0.15) is 0 Å². The average Bonchev–Trinajstić information content (AvgIpc) is 3.18. The Labute approximate surface area is 127 Å². The van der Waals surface area contributed by atoms with Crippen molar-refractivity contribution in [1.82, 2.24) is 15.1 Å². The summed E-state index contributed by atoms with van der Waals surface area (Å²) >= 11 is 0. The van der Waals surface area contributed by atoms with Crippen molar-refractivity contribution in [2.45, 2.75) is 13.1 Å². The van der Waals surface area contributed by atoms with Gasteiger partial charge >= 0.3 is 6.03 Å². The van der Waals surface area contributed by atoms with Gasteiger partial charge in [-0.1, -0.05) is 30.3 Å². The molecule has 0 atom stereocenters. The minimum Gasteiger partial charge on any atom is -0.472 e. The zero-order valence-electron chi connectivity index (χ0n) is 11.9. The number of nitrogens with zero attached hydrogens (tertiary/aromatic N) is 2. The van der Waals surface area contributed by atoms with Gasteiger partial charge in [0.15, 0.2) is 5.82 Å². The van der Waals surface area contributed by atoms with E-state index in [2.05, 4.69) is 15.7 Å². The SMILES string of the molecule is O=C(NCc1ccoc1)Nc1ccn(Cc2ccccc2)n1. The number of amides is 2. The molecule has 0 fully saturated rings. The number of hydrogen-bond donors (Lipinski definition) is 2. The van der Waals surface area contributed by atoms with Crippen molar-refractivity contribution in [1.29, 1.82) is 0 Å². The summed E-state index contributed by atoms with van der Waals surface area (Å²) in [7, 11) is 0. The fourth-order valence-electron chi connectivity index (χ4n) is 2.02. The summed E-state index contributed by atoms with van der Waals surface area (Å²) in [4.78, 5) is 11.8. The van der Waals surface area contributed by atoms with Gasteiger partial charge in [-0.25, -0.2) is 4.79 Å². The Morgan fingerprint density at radius 1 is 1.14 bits per heavy atom. The van der Waals surface area contributed by atoms with Crippen molar-refractivity contribution in [2.24, 2.45) is 0 Å². The second-order valence-corrected chi connectivity index (χ2v) is 4.82. The molecular formula is C16H16N4O2. The number of anilines is 1. The van der Waals surface area contributed by atoms with E-state index in [4.69, 9.17) is 4.42 Å². The summed E-state index contributed by atoms with van der Waals surface area (Å²) < 4.78 is 6.72. The van der Waals surface area contributed by atoms with E-state index in [-0.39, 0.29) is 6.03 Å². The van der Waals surface area contributed by atoms with Gasteiger partial charge in [-0.3, -0.25) is 10.00 Å².